The highest BCUT2D eigenvalue weighted by atomic mass is 32.2. The van der Waals surface area contributed by atoms with Crippen LogP contribution in [-0.4, -0.2) is 45.8 Å². The van der Waals surface area contributed by atoms with Gasteiger partial charge < -0.3 is 10.2 Å². The lowest BCUT2D eigenvalue weighted by molar-refractivity contribution is -0.112. The molecule has 0 bridgehead atoms. The molecule has 31 heavy (non-hydrogen) atoms. The van der Waals surface area contributed by atoms with Crippen LogP contribution in [0.25, 0.3) is 6.08 Å². The van der Waals surface area contributed by atoms with E-state index in [1.54, 1.807) is 12.1 Å². The molecule has 0 spiro atoms. The molecule has 0 unspecified atom stereocenters. The van der Waals surface area contributed by atoms with Gasteiger partial charge in [-0.1, -0.05) is 24.6 Å². The molecule has 1 fully saturated rings. The minimum atomic E-state index is -3.61. The van der Waals surface area contributed by atoms with Crippen molar-refractivity contribution in [1.29, 1.82) is 5.26 Å². The smallest absolute Gasteiger partial charge is 0.266 e. The molecule has 1 aliphatic rings. The Morgan fingerprint density at radius 3 is 2.39 bits per heavy atom. The summed E-state index contributed by atoms with van der Waals surface area (Å²) in [6.45, 7) is 1.01. The van der Waals surface area contributed by atoms with Gasteiger partial charge >= 0.3 is 0 Å². The monoisotopic (exact) mass is 438 g/mol. The lowest BCUT2D eigenvalue weighted by Crippen LogP contribution is -2.35. The predicted octanol–water partition coefficient (Wildman–Crippen LogP) is 3.47. The van der Waals surface area contributed by atoms with Crippen molar-refractivity contribution in [1.82, 2.24) is 4.31 Å². The van der Waals surface area contributed by atoms with Gasteiger partial charge in [0.2, 0.25) is 10.0 Å². The van der Waals surface area contributed by atoms with Crippen molar-refractivity contribution >= 4 is 33.4 Å². The first-order valence-electron chi connectivity index (χ1n) is 10.1. The van der Waals surface area contributed by atoms with Crippen LogP contribution in [0.5, 0.6) is 0 Å². The van der Waals surface area contributed by atoms with Crippen LogP contribution in [-0.2, 0) is 14.8 Å². The third-order valence-electron chi connectivity index (χ3n) is 5.13. The van der Waals surface area contributed by atoms with Gasteiger partial charge in [-0.3, -0.25) is 4.79 Å². The average molecular weight is 439 g/mol. The number of carbonyl (C=O) groups is 1. The molecule has 3 rings (SSSR count). The fourth-order valence-electron chi connectivity index (χ4n) is 3.37. The van der Waals surface area contributed by atoms with E-state index >= 15 is 0 Å². The summed E-state index contributed by atoms with van der Waals surface area (Å²) in [5.74, 6) is -0.591. The first-order valence-corrected chi connectivity index (χ1v) is 11.6. The lowest BCUT2D eigenvalue weighted by atomic mass is 10.1. The number of amides is 1. The zero-order valence-electron chi connectivity index (χ0n) is 17.7. The van der Waals surface area contributed by atoms with Crippen molar-refractivity contribution in [2.24, 2.45) is 0 Å². The number of sulfonamides is 1. The summed E-state index contributed by atoms with van der Waals surface area (Å²) in [4.78, 5) is 14.7. The molecule has 2 aromatic rings. The number of benzene rings is 2. The maximum absolute atomic E-state index is 12.9. The molecule has 1 amide bonds. The Labute approximate surface area is 183 Å². The molecule has 1 heterocycles. The van der Waals surface area contributed by atoms with E-state index in [4.69, 9.17) is 0 Å². The average Bonchev–Trinajstić information content (AvgIpc) is 2.78. The van der Waals surface area contributed by atoms with Crippen molar-refractivity contribution < 1.29 is 13.2 Å². The summed E-state index contributed by atoms with van der Waals surface area (Å²) < 4.78 is 27.2. The molecule has 7 nitrogen and oxygen atoms in total. The van der Waals surface area contributed by atoms with Crippen molar-refractivity contribution in [3.05, 3.63) is 59.7 Å². The third kappa shape index (κ3) is 5.51. The molecule has 2 aromatic carbocycles. The zero-order chi connectivity index (χ0) is 22.4. The number of nitrogens with zero attached hydrogens (tertiary/aromatic N) is 3. The van der Waals surface area contributed by atoms with E-state index in [0.717, 1.165) is 30.5 Å². The number of nitriles is 1. The Hall–Kier alpha value is -3.15. The van der Waals surface area contributed by atoms with Crippen LogP contribution in [0.4, 0.5) is 11.4 Å². The molecule has 1 aliphatic heterocycles. The first kappa shape index (κ1) is 22.5. The Morgan fingerprint density at radius 1 is 1.10 bits per heavy atom. The normalized spacial score (nSPS) is 15.2. The number of nitrogens with one attached hydrogen (secondary N) is 1. The van der Waals surface area contributed by atoms with Crippen LogP contribution in [0.1, 0.15) is 24.8 Å². The van der Waals surface area contributed by atoms with Gasteiger partial charge in [0.1, 0.15) is 11.6 Å². The van der Waals surface area contributed by atoms with Crippen molar-refractivity contribution in [3.8, 4) is 6.07 Å². The van der Waals surface area contributed by atoms with E-state index in [2.05, 4.69) is 5.32 Å². The molecule has 0 saturated carbocycles. The van der Waals surface area contributed by atoms with Crippen LogP contribution in [0.3, 0.4) is 0 Å². The fraction of sp³-hybridized carbons (Fsp3) is 0.304. The van der Waals surface area contributed by atoms with E-state index < -0.39 is 15.9 Å². The van der Waals surface area contributed by atoms with E-state index in [1.807, 2.05) is 49.3 Å². The number of anilines is 2. The Kier molecular flexibility index (Phi) is 7.10. The van der Waals surface area contributed by atoms with Crippen molar-refractivity contribution in [2.75, 3.05) is 37.4 Å². The van der Waals surface area contributed by atoms with Gasteiger partial charge in [-0.05, 0) is 54.8 Å². The quantitative estimate of drug-likeness (QED) is 0.551. The topological polar surface area (TPSA) is 93.5 Å². The second kappa shape index (κ2) is 9.77. The number of rotatable bonds is 6. The SMILES string of the molecule is CN(C)c1ccc(/C=C(\C#N)C(=O)Nc2cccc(S(=O)(=O)N3CCCCC3)c2)cc1. The van der Waals surface area contributed by atoms with Gasteiger partial charge in [-0.25, -0.2) is 8.42 Å². The van der Waals surface area contributed by atoms with Crippen LogP contribution in [0.2, 0.25) is 0 Å². The van der Waals surface area contributed by atoms with Crippen LogP contribution >= 0.6 is 0 Å². The number of carbonyl (C=O) groups excluding carboxylic acids is 1. The number of hydrogen-bond donors (Lipinski definition) is 1. The molecule has 0 aromatic heterocycles. The van der Waals surface area contributed by atoms with Gasteiger partial charge in [-0.2, -0.15) is 9.57 Å². The standard InChI is InChI=1S/C23H26N4O3S/c1-26(2)21-11-9-18(10-12-21)15-19(17-24)23(28)25-20-7-6-8-22(16-20)31(29,30)27-13-4-3-5-14-27/h6-12,15-16H,3-5,13-14H2,1-2H3,(H,25,28)/b19-15+. The van der Waals surface area contributed by atoms with Gasteiger partial charge in [-0.15, -0.1) is 0 Å². The molecule has 162 valence electrons. The van der Waals surface area contributed by atoms with Gasteiger partial charge in [0, 0.05) is 38.6 Å². The van der Waals surface area contributed by atoms with E-state index in [9.17, 15) is 18.5 Å². The molecule has 1 saturated heterocycles. The van der Waals surface area contributed by atoms with E-state index in [-0.39, 0.29) is 10.5 Å². The highest BCUT2D eigenvalue weighted by molar-refractivity contribution is 7.89. The minimum absolute atomic E-state index is 0.0677. The van der Waals surface area contributed by atoms with Gasteiger partial charge in [0.25, 0.3) is 5.91 Å². The maximum atomic E-state index is 12.9. The minimum Gasteiger partial charge on any atom is -0.378 e. The molecular formula is C23H26N4O3S. The lowest BCUT2D eigenvalue weighted by Gasteiger charge is -2.26. The largest absolute Gasteiger partial charge is 0.378 e. The zero-order valence-corrected chi connectivity index (χ0v) is 18.5. The van der Waals surface area contributed by atoms with Crippen molar-refractivity contribution in [3.63, 3.8) is 0 Å². The number of piperidine rings is 1. The highest BCUT2D eigenvalue weighted by Gasteiger charge is 2.26. The van der Waals surface area contributed by atoms with Crippen LogP contribution in [0, 0.1) is 11.3 Å². The van der Waals surface area contributed by atoms with Crippen LogP contribution in [0.15, 0.2) is 59.0 Å². The highest BCUT2D eigenvalue weighted by Crippen LogP contribution is 2.23. The van der Waals surface area contributed by atoms with Crippen molar-refractivity contribution in [2.45, 2.75) is 24.2 Å². The van der Waals surface area contributed by atoms with Gasteiger partial charge in [0.15, 0.2) is 0 Å². The fourth-order valence-corrected chi connectivity index (χ4v) is 4.93. The Balaban J connectivity index is 1.77. The first-order chi connectivity index (χ1) is 14.8. The second-order valence-corrected chi connectivity index (χ2v) is 9.54. The predicted molar refractivity (Wildman–Crippen MR) is 122 cm³/mol. The summed E-state index contributed by atoms with van der Waals surface area (Å²) in [6, 6.07) is 15.5. The molecule has 1 N–H and O–H groups in total. The summed E-state index contributed by atoms with van der Waals surface area (Å²) in [5, 5.41) is 12.1. The molecule has 0 aliphatic carbocycles. The summed E-state index contributed by atoms with van der Waals surface area (Å²) >= 11 is 0. The summed E-state index contributed by atoms with van der Waals surface area (Å²) in [7, 11) is 0.251. The molecule has 8 heteroatoms. The molecule has 0 radical (unpaired) electrons. The molecular weight excluding hydrogens is 412 g/mol. The van der Waals surface area contributed by atoms with E-state index in [0.29, 0.717) is 18.8 Å². The molecule has 0 atom stereocenters. The Bertz CT molecular complexity index is 1110. The van der Waals surface area contributed by atoms with Gasteiger partial charge in [0.05, 0.1) is 4.90 Å². The van der Waals surface area contributed by atoms with Crippen LogP contribution < -0.4 is 10.2 Å². The second-order valence-electron chi connectivity index (χ2n) is 7.60. The number of hydrogen-bond acceptors (Lipinski definition) is 5. The van der Waals surface area contributed by atoms with E-state index in [1.165, 1.54) is 22.5 Å². The summed E-state index contributed by atoms with van der Waals surface area (Å²) in [5.41, 5.74) is 1.99. The third-order valence-corrected chi connectivity index (χ3v) is 7.02. The summed E-state index contributed by atoms with van der Waals surface area (Å²) in [6.07, 6.45) is 4.23. The maximum Gasteiger partial charge on any atom is 0.266 e. The Morgan fingerprint density at radius 2 is 1.77 bits per heavy atom.